The van der Waals surface area contributed by atoms with Crippen molar-refractivity contribution in [1.82, 2.24) is 15.0 Å². The summed E-state index contributed by atoms with van der Waals surface area (Å²) in [5.41, 5.74) is 4.47. The zero-order valence-corrected chi connectivity index (χ0v) is 19.9. The Labute approximate surface area is 205 Å². The summed E-state index contributed by atoms with van der Waals surface area (Å²) in [6.07, 6.45) is 1.62. The largest absolute Gasteiger partial charge is 0.424 e. The minimum atomic E-state index is 0.0625. The van der Waals surface area contributed by atoms with E-state index in [1.807, 2.05) is 92.7 Å². The van der Waals surface area contributed by atoms with Gasteiger partial charge in [0.05, 0.1) is 0 Å². The molecule has 0 fully saturated rings. The number of allylic oxidation sites excluding steroid dienone is 2. The maximum absolute atomic E-state index is 5.90. The number of benzene rings is 3. The van der Waals surface area contributed by atoms with E-state index < -0.39 is 0 Å². The van der Waals surface area contributed by atoms with Gasteiger partial charge in [0.2, 0.25) is 0 Å². The molecule has 0 saturated carbocycles. The molecule has 6 nitrogen and oxygen atoms in total. The van der Waals surface area contributed by atoms with Crippen LogP contribution in [0.2, 0.25) is 0 Å². The lowest BCUT2D eigenvalue weighted by Crippen LogP contribution is -2.01. The average Bonchev–Trinajstić information content (AvgIpc) is 2.81. The molecule has 0 N–H and O–H groups in total. The van der Waals surface area contributed by atoms with E-state index in [0.717, 1.165) is 35.1 Å². The Kier molecular flexibility index (Phi) is 7.53. The normalized spacial score (nSPS) is 10.5. The molecule has 0 saturated heterocycles. The van der Waals surface area contributed by atoms with Crippen LogP contribution in [0, 0.1) is 0 Å². The number of hydrogen-bond acceptors (Lipinski definition) is 6. The van der Waals surface area contributed by atoms with Gasteiger partial charge in [-0.3, -0.25) is 0 Å². The zero-order valence-electron chi connectivity index (χ0n) is 19.9. The van der Waals surface area contributed by atoms with Crippen LogP contribution in [0.4, 0.5) is 0 Å². The monoisotopic (exact) mass is 465 g/mol. The quantitative estimate of drug-likeness (QED) is 0.226. The van der Waals surface area contributed by atoms with E-state index in [9.17, 15) is 0 Å². The Balaban J connectivity index is 1.57. The molecule has 0 unspecified atom stereocenters. The van der Waals surface area contributed by atoms with E-state index >= 15 is 0 Å². The van der Waals surface area contributed by atoms with Gasteiger partial charge in [0.1, 0.15) is 17.2 Å². The fourth-order valence-electron chi connectivity index (χ4n) is 3.31. The van der Waals surface area contributed by atoms with Gasteiger partial charge < -0.3 is 14.2 Å². The summed E-state index contributed by atoms with van der Waals surface area (Å²) >= 11 is 0. The first kappa shape index (κ1) is 23.7. The van der Waals surface area contributed by atoms with Crippen molar-refractivity contribution in [2.75, 3.05) is 0 Å². The molecule has 0 aliphatic heterocycles. The Morgan fingerprint density at radius 2 is 0.886 bits per heavy atom. The van der Waals surface area contributed by atoms with Gasteiger partial charge in [-0.2, -0.15) is 0 Å². The highest BCUT2D eigenvalue weighted by Gasteiger charge is 2.13. The number of ether oxygens (including phenoxy) is 3. The molecule has 4 aromatic rings. The maximum atomic E-state index is 5.90. The Bertz CT molecular complexity index is 1220. The van der Waals surface area contributed by atoms with Crippen LogP contribution in [0.5, 0.6) is 35.3 Å². The van der Waals surface area contributed by atoms with Crippen molar-refractivity contribution in [1.29, 1.82) is 0 Å². The van der Waals surface area contributed by atoms with Crippen LogP contribution >= 0.6 is 0 Å². The molecule has 1 heterocycles. The standard InChI is InChI=1S/C29H27N3O3/c1-20(2)18-22-10-14-25(15-11-22)34-28-30-27(33-24-8-6-5-7-9-24)31-29(32-28)35-26-16-12-23(13-17-26)19-21(3)4/h5-17H,1,3,18-19H2,2,4H3. The molecule has 4 rings (SSSR count). The third-order valence-electron chi connectivity index (χ3n) is 4.80. The van der Waals surface area contributed by atoms with Crippen LogP contribution in [0.3, 0.4) is 0 Å². The number of para-hydroxylation sites is 1. The fraction of sp³-hybridized carbons (Fsp3) is 0.138. The van der Waals surface area contributed by atoms with Gasteiger partial charge in [0.25, 0.3) is 0 Å². The van der Waals surface area contributed by atoms with Crippen LogP contribution in [0.1, 0.15) is 25.0 Å². The first-order valence-electron chi connectivity index (χ1n) is 11.2. The van der Waals surface area contributed by atoms with Crippen molar-refractivity contribution < 1.29 is 14.2 Å². The van der Waals surface area contributed by atoms with Gasteiger partial charge in [-0.25, -0.2) is 0 Å². The Morgan fingerprint density at radius 1 is 0.543 bits per heavy atom. The minimum absolute atomic E-state index is 0.0625. The number of hydrogen-bond donors (Lipinski definition) is 0. The number of nitrogens with zero attached hydrogens (tertiary/aromatic N) is 3. The predicted molar refractivity (Wildman–Crippen MR) is 136 cm³/mol. The van der Waals surface area contributed by atoms with Crippen LogP contribution in [0.25, 0.3) is 0 Å². The molecule has 176 valence electrons. The van der Waals surface area contributed by atoms with E-state index in [1.165, 1.54) is 0 Å². The zero-order chi connectivity index (χ0) is 24.6. The first-order valence-corrected chi connectivity index (χ1v) is 11.2. The second-order valence-corrected chi connectivity index (χ2v) is 8.36. The van der Waals surface area contributed by atoms with Gasteiger partial charge in [-0.15, -0.1) is 15.0 Å². The van der Waals surface area contributed by atoms with Gasteiger partial charge in [0, 0.05) is 0 Å². The Morgan fingerprint density at radius 3 is 1.23 bits per heavy atom. The van der Waals surface area contributed by atoms with Crippen molar-refractivity contribution in [3.63, 3.8) is 0 Å². The molecule has 0 bridgehead atoms. The van der Waals surface area contributed by atoms with E-state index in [1.54, 1.807) is 0 Å². The van der Waals surface area contributed by atoms with Gasteiger partial charge in [0.15, 0.2) is 0 Å². The molecule has 35 heavy (non-hydrogen) atoms. The van der Waals surface area contributed by atoms with E-state index in [-0.39, 0.29) is 18.0 Å². The summed E-state index contributed by atoms with van der Waals surface area (Å²) in [4.78, 5) is 13.0. The van der Waals surface area contributed by atoms with Crippen LogP contribution in [0.15, 0.2) is 103 Å². The summed E-state index contributed by atoms with van der Waals surface area (Å²) in [5, 5.41) is 0. The second-order valence-electron chi connectivity index (χ2n) is 8.36. The topological polar surface area (TPSA) is 66.4 Å². The molecular formula is C29H27N3O3. The molecular weight excluding hydrogens is 438 g/mol. The molecule has 0 aliphatic carbocycles. The van der Waals surface area contributed by atoms with E-state index in [4.69, 9.17) is 14.2 Å². The van der Waals surface area contributed by atoms with E-state index in [0.29, 0.717) is 17.2 Å². The smallest absolute Gasteiger partial charge is 0.331 e. The molecule has 0 radical (unpaired) electrons. The summed E-state index contributed by atoms with van der Waals surface area (Å²) < 4.78 is 17.6. The average molecular weight is 466 g/mol. The third-order valence-corrected chi connectivity index (χ3v) is 4.80. The third kappa shape index (κ3) is 7.27. The van der Waals surface area contributed by atoms with Crippen molar-refractivity contribution in [3.8, 4) is 35.3 Å². The molecule has 1 aromatic heterocycles. The van der Waals surface area contributed by atoms with Gasteiger partial charge in [-0.1, -0.05) is 66.8 Å². The SMILES string of the molecule is C=C(C)Cc1ccc(Oc2nc(Oc3ccccc3)nc(Oc3ccc(CC(=C)C)cc3)n2)cc1. The van der Waals surface area contributed by atoms with Crippen molar-refractivity contribution in [3.05, 3.63) is 114 Å². The Hall–Kier alpha value is -4.45. The highest BCUT2D eigenvalue weighted by atomic mass is 16.5. The maximum Gasteiger partial charge on any atom is 0.331 e. The van der Waals surface area contributed by atoms with Crippen LogP contribution in [-0.4, -0.2) is 15.0 Å². The van der Waals surface area contributed by atoms with Gasteiger partial charge >= 0.3 is 18.0 Å². The lowest BCUT2D eigenvalue weighted by atomic mass is 10.1. The molecule has 0 spiro atoms. The predicted octanol–water partition coefficient (Wildman–Crippen LogP) is 7.49. The molecule has 0 aliphatic rings. The van der Waals surface area contributed by atoms with Crippen LogP contribution < -0.4 is 14.2 Å². The highest BCUT2D eigenvalue weighted by molar-refractivity contribution is 5.33. The fourth-order valence-corrected chi connectivity index (χ4v) is 3.31. The molecule has 0 amide bonds. The van der Waals surface area contributed by atoms with Gasteiger partial charge in [-0.05, 0) is 74.2 Å². The second kappa shape index (κ2) is 11.1. The van der Waals surface area contributed by atoms with Crippen LogP contribution in [-0.2, 0) is 12.8 Å². The summed E-state index contributed by atoms with van der Waals surface area (Å²) in [5.74, 6) is 1.76. The summed E-state index contributed by atoms with van der Waals surface area (Å²) in [7, 11) is 0. The van der Waals surface area contributed by atoms with E-state index in [2.05, 4.69) is 28.1 Å². The summed E-state index contributed by atoms with van der Waals surface area (Å²) in [6, 6.07) is 24.8. The highest BCUT2D eigenvalue weighted by Crippen LogP contribution is 2.27. The number of rotatable bonds is 10. The van der Waals surface area contributed by atoms with Crippen molar-refractivity contribution in [2.24, 2.45) is 0 Å². The minimum Gasteiger partial charge on any atom is -0.424 e. The van der Waals surface area contributed by atoms with Crippen molar-refractivity contribution in [2.45, 2.75) is 26.7 Å². The molecule has 6 heteroatoms. The lowest BCUT2D eigenvalue weighted by molar-refractivity contribution is 0.362. The first-order chi connectivity index (χ1) is 16.9. The van der Waals surface area contributed by atoms with Crippen molar-refractivity contribution >= 4 is 0 Å². The molecule has 3 aromatic carbocycles. The molecule has 0 atom stereocenters. The summed E-state index contributed by atoms with van der Waals surface area (Å²) in [6.45, 7) is 11.9. The lowest BCUT2D eigenvalue weighted by Gasteiger charge is -2.10. The number of aromatic nitrogens is 3.